The van der Waals surface area contributed by atoms with Crippen LogP contribution in [0, 0.1) is 13.8 Å². The van der Waals surface area contributed by atoms with Crippen molar-refractivity contribution in [3.05, 3.63) is 29.3 Å². The predicted molar refractivity (Wildman–Crippen MR) is 105 cm³/mol. The molecule has 0 heterocycles. The molecular weight excluding hydrogens is 326 g/mol. The third kappa shape index (κ3) is 5.07. The highest BCUT2D eigenvalue weighted by molar-refractivity contribution is 5.92. The van der Waals surface area contributed by atoms with Crippen LogP contribution in [0.1, 0.15) is 50.2 Å². The van der Waals surface area contributed by atoms with Gasteiger partial charge in [0.15, 0.2) is 12.6 Å². The standard InChI is InChI=1S/C21H33N3O2/c1-15-10-9-13-19(16(15)2)22-20(25)14-23(4)17(3)21(26)24(5)18-11-7-6-8-12-18/h9-10,13,17-18H,6-8,11-12,14H2,1-5H3,(H,22,25)/p+1/t17-/m1/s1. The number of likely N-dealkylation sites (N-methyl/N-ethyl adjacent to an activating group) is 2. The molecule has 0 saturated heterocycles. The third-order valence-electron chi connectivity index (χ3n) is 5.90. The van der Waals surface area contributed by atoms with Crippen molar-refractivity contribution in [2.75, 3.05) is 26.0 Å². The summed E-state index contributed by atoms with van der Waals surface area (Å²) >= 11 is 0. The number of nitrogens with one attached hydrogen (secondary N) is 2. The maximum atomic E-state index is 12.8. The van der Waals surface area contributed by atoms with Crippen LogP contribution >= 0.6 is 0 Å². The van der Waals surface area contributed by atoms with Crippen LogP contribution < -0.4 is 10.2 Å². The van der Waals surface area contributed by atoms with Crippen molar-refractivity contribution >= 4 is 17.5 Å². The van der Waals surface area contributed by atoms with E-state index in [4.69, 9.17) is 0 Å². The van der Waals surface area contributed by atoms with Gasteiger partial charge in [0, 0.05) is 18.8 Å². The molecule has 0 aromatic heterocycles. The Labute approximate surface area is 157 Å². The van der Waals surface area contributed by atoms with Crippen molar-refractivity contribution < 1.29 is 14.5 Å². The number of hydrogen-bond donors (Lipinski definition) is 2. The van der Waals surface area contributed by atoms with Gasteiger partial charge in [0.05, 0.1) is 7.05 Å². The number of amides is 2. The first-order valence-corrected chi connectivity index (χ1v) is 9.76. The Hall–Kier alpha value is -1.88. The molecule has 1 aromatic carbocycles. The smallest absolute Gasteiger partial charge is 0.280 e. The molecule has 1 saturated carbocycles. The fraction of sp³-hybridized carbons (Fsp3) is 0.619. The minimum absolute atomic E-state index is 0.0591. The lowest BCUT2D eigenvalue weighted by Gasteiger charge is -2.33. The Morgan fingerprint density at radius 2 is 1.88 bits per heavy atom. The molecule has 0 radical (unpaired) electrons. The minimum Gasteiger partial charge on any atom is -0.338 e. The lowest BCUT2D eigenvalue weighted by atomic mass is 9.94. The number of carbonyl (C=O) groups is 2. The molecule has 5 heteroatoms. The summed E-state index contributed by atoms with van der Waals surface area (Å²) in [6, 6.07) is 6.02. The maximum Gasteiger partial charge on any atom is 0.280 e. The molecule has 1 aliphatic carbocycles. The van der Waals surface area contributed by atoms with Crippen molar-refractivity contribution in [2.45, 2.75) is 65.0 Å². The first kappa shape index (κ1) is 20.4. The summed E-state index contributed by atoms with van der Waals surface area (Å²) in [6.45, 7) is 6.23. The summed E-state index contributed by atoms with van der Waals surface area (Å²) in [5, 5.41) is 2.98. The van der Waals surface area contributed by atoms with E-state index in [-0.39, 0.29) is 24.4 Å². The van der Waals surface area contributed by atoms with E-state index in [1.807, 2.05) is 58.0 Å². The van der Waals surface area contributed by atoms with E-state index in [0.717, 1.165) is 34.6 Å². The van der Waals surface area contributed by atoms with E-state index < -0.39 is 0 Å². The van der Waals surface area contributed by atoms with Crippen LogP contribution in [0.25, 0.3) is 0 Å². The Morgan fingerprint density at radius 1 is 1.23 bits per heavy atom. The summed E-state index contributed by atoms with van der Waals surface area (Å²) in [7, 11) is 3.83. The zero-order valence-corrected chi connectivity index (χ0v) is 16.9. The molecule has 0 bridgehead atoms. The quantitative estimate of drug-likeness (QED) is 0.815. The largest absolute Gasteiger partial charge is 0.338 e. The first-order chi connectivity index (χ1) is 12.3. The summed E-state index contributed by atoms with van der Waals surface area (Å²) in [6.07, 6.45) is 5.88. The summed E-state index contributed by atoms with van der Waals surface area (Å²) < 4.78 is 0. The molecule has 2 rings (SSSR count). The second-order valence-electron chi connectivity index (χ2n) is 7.78. The van der Waals surface area contributed by atoms with E-state index in [0.29, 0.717) is 6.04 Å². The van der Waals surface area contributed by atoms with E-state index in [9.17, 15) is 9.59 Å². The highest BCUT2D eigenvalue weighted by atomic mass is 16.2. The van der Waals surface area contributed by atoms with Gasteiger partial charge in [-0.15, -0.1) is 0 Å². The number of quaternary nitrogens is 1. The lowest BCUT2D eigenvalue weighted by Crippen LogP contribution is -3.15. The van der Waals surface area contributed by atoms with Gasteiger partial charge in [-0.1, -0.05) is 31.4 Å². The number of aryl methyl sites for hydroxylation is 1. The topological polar surface area (TPSA) is 53.9 Å². The molecule has 144 valence electrons. The van der Waals surface area contributed by atoms with Gasteiger partial charge in [-0.25, -0.2) is 0 Å². The number of anilines is 1. The number of rotatable bonds is 6. The van der Waals surface area contributed by atoms with Crippen molar-refractivity contribution in [3.8, 4) is 0 Å². The normalized spacial score (nSPS) is 17.4. The maximum absolute atomic E-state index is 12.8. The van der Waals surface area contributed by atoms with Crippen molar-refractivity contribution in [1.82, 2.24) is 4.90 Å². The fourth-order valence-electron chi connectivity index (χ4n) is 3.65. The molecule has 0 spiro atoms. The van der Waals surface area contributed by atoms with E-state index >= 15 is 0 Å². The van der Waals surface area contributed by atoms with Gasteiger partial charge in [0.1, 0.15) is 0 Å². The van der Waals surface area contributed by atoms with Gasteiger partial charge in [-0.05, 0) is 50.8 Å². The minimum atomic E-state index is -0.230. The van der Waals surface area contributed by atoms with Crippen LogP contribution in [-0.4, -0.2) is 49.4 Å². The lowest BCUT2D eigenvalue weighted by molar-refractivity contribution is -0.886. The second-order valence-corrected chi connectivity index (χ2v) is 7.78. The summed E-state index contributed by atoms with van der Waals surface area (Å²) in [5.41, 5.74) is 3.09. The van der Waals surface area contributed by atoms with Crippen LogP contribution in [0.2, 0.25) is 0 Å². The zero-order chi connectivity index (χ0) is 19.3. The Kier molecular flexibility index (Phi) is 7.21. The van der Waals surface area contributed by atoms with E-state index in [2.05, 4.69) is 5.32 Å². The van der Waals surface area contributed by atoms with Crippen LogP contribution in [0.4, 0.5) is 5.69 Å². The molecule has 5 nitrogen and oxygen atoms in total. The molecule has 0 aliphatic heterocycles. The van der Waals surface area contributed by atoms with E-state index in [1.54, 1.807) is 0 Å². The highest BCUT2D eigenvalue weighted by Gasteiger charge is 2.30. The monoisotopic (exact) mass is 360 g/mol. The van der Waals surface area contributed by atoms with Crippen molar-refractivity contribution in [1.29, 1.82) is 0 Å². The Morgan fingerprint density at radius 3 is 2.54 bits per heavy atom. The third-order valence-corrected chi connectivity index (χ3v) is 5.90. The second kappa shape index (κ2) is 9.17. The number of nitrogens with zero attached hydrogens (tertiary/aromatic N) is 1. The van der Waals surface area contributed by atoms with Crippen molar-refractivity contribution in [2.24, 2.45) is 0 Å². The molecule has 1 aromatic rings. The number of hydrogen-bond acceptors (Lipinski definition) is 2. The van der Waals surface area contributed by atoms with Crippen LogP contribution in [0.3, 0.4) is 0 Å². The number of benzene rings is 1. The average molecular weight is 361 g/mol. The highest BCUT2D eigenvalue weighted by Crippen LogP contribution is 2.22. The molecule has 26 heavy (non-hydrogen) atoms. The first-order valence-electron chi connectivity index (χ1n) is 9.76. The molecular formula is C21H34N3O2+. The van der Waals surface area contributed by atoms with Gasteiger partial charge >= 0.3 is 0 Å². The van der Waals surface area contributed by atoms with Gasteiger partial charge in [-0.3, -0.25) is 9.59 Å². The zero-order valence-electron chi connectivity index (χ0n) is 16.9. The van der Waals surface area contributed by atoms with Crippen LogP contribution in [-0.2, 0) is 9.59 Å². The van der Waals surface area contributed by atoms with Gasteiger partial charge in [0.25, 0.3) is 11.8 Å². The molecule has 2 atom stereocenters. The molecule has 1 aliphatic rings. The number of carbonyl (C=O) groups excluding carboxylic acids is 2. The SMILES string of the molecule is Cc1cccc(NC(=O)C[NH+](C)[C@H](C)C(=O)N(C)C2CCCCC2)c1C. The summed E-state index contributed by atoms with van der Waals surface area (Å²) in [5.74, 6) is 0.0742. The van der Waals surface area contributed by atoms with Gasteiger partial charge in [-0.2, -0.15) is 0 Å². The summed E-state index contributed by atoms with van der Waals surface area (Å²) in [4.78, 5) is 28.1. The average Bonchev–Trinajstić information content (AvgIpc) is 2.64. The van der Waals surface area contributed by atoms with Crippen LogP contribution in [0.15, 0.2) is 18.2 Å². The van der Waals surface area contributed by atoms with Gasteiger partial charge < -0.3 is 15.1 Å². The Balaban J connectivity index is 1.90. The molecule has 2 amide bonds. The van der Waals surface area contributed by atoms with Gasteiger partial charge in [0.2, 0.25) is 0 Å². The van der Waals surface area contributed by atoms with Crippen LogP contribution in [0.5, 0.6) is 0 Å². The molecule has 1 fully saturated rings. The Bertz CT molecular complexity index is 638. The van der Waals surface area contributed by atoms with E-state index in [1.165, 1.54) is 19.3 Å². The molecule has 1 unspecified atom stereocenters. The van der Waals surface area contributed by atoms with Crippen molar-refractivity contribution in [3.63, 3.8) is 0 Å². The fourth-order valence-corrected chi connectivity index (χ4v) is 3.65. The predicted octanol–water partition coefficient (Wildman–Crippen LogP) is 1.94. The molecule has 2 N–H and O–H groups in total.